The van der Waals surface area contributed by atoms with Gasteiger partial charge in [0.15, 0.2) is 0 Å². The Kier molecular flexibility index (Phi) is 5.62. The minimum Gasteiger partial charge on any atom is -0.338 e. The highest BCUT2D eigenvalue weighted by Gasteiger charge is 2.22. The van der Waals surface area contributed by atoms with Gasteiger partial charge in [-0.2, -0.15) is 4.80 Å². The maximum atomic E-state index is 13.8. The van der Waals surface area contributed by atoms with Crippen molar-refractivity contribution in [3.05, 3.63) is 65.5 Å². The number of tetrazole rings is 1. The van der Waals surface area contributed by atoms with Gasteiger partial charge in [0, 0.05) is 43.9 Å². The molecule has 150 valence electrons. The summed E-state index contributed by atoms with van der Waals surface area (Å²) >= 11 is 0. The van der Waals surface area contributed by atoms with Gasteiger partial charge in [0.25, 0.3) is 0 Å². The molecule has 1 aliphatic rings. The van der Waals surface area contributed by atoms with Crippen molar-refractivity contribution >= 4 is 5.91 Å². The van der Waals surface area contributed by atoms with Crippen LogP contribution in [0.25, 0.3) is 11.4 Å². The second-order valence-electron chi connectivity index (χ2n) is 7.26. The number of carbonyl (C=O) groups excluding carboxylic acids is 1. The largest absolute Gasteiger partial charge is 0.338 e. The Morgan fingerprint density at radius 3 is 2.48 bits per heavy atom. The Morgan fingerprint density at radius 1 is 1.03 bits per heavy atom. The highest BCUT2D eigenvalue weighted by atomic mass is 19.1. The van der Waals surface area contributed by atoms with E-state index in [4.69, 9.17) is 0 Å². The number of halogens is 1. The highest BCUT2D eigenvalue weighted by Crippen LogP contribution is 2.15. The minimum atomic E-state index is -0.187. The van der Waals surface area contributed by atoms with E-state index in [1.165, 1.54) is 10.9 Å². The molecule has 0 saturated carbocycles. The average Bonchev–Trinajstić information content (AvgIpc) is 3.19. The van der Waals surface area contributed by atoms with E-state index in [-0.39, 0.29) is 18.3 Å². The van der Waals surface area contributed by atoms with Crippen LogP contribution in [0.15, 0.2) is 48.5 Å². The number of nitrogens with zero attached hydrogens (tertiary/aromatic N) is 6. The summed E-state index contributed by atoms with van der Waals surface area (Å²) in [6.07, 6.45) is 0. The molecule has 0 N–H and O–H groups in total. The van der Waals surface area contributed by atoms with E-state index in [1.54, 1.807) is 17.0 Å². The van der Waals surface area contributed by atoms with Crippen molar-refractivity contribution in [2.45, 2.75) is 20.0 Å². The lowest BCUT2D eigenvalue weighted by Crippen LogP contribution is -2.49. The molecule has 0 radical (unpaired) electrons. The van der Waals surface area contributed by atoms with Crippen LogP contribution < -0.4 is 0 Å². The average molecular weight is 394 g/mol. The predicted molar refractivity (Wildman–Crippen MR) is 106 cm³/mol. The van der Waals surface area contributed by atoms with Crippen LogP contribution in [0.2, 0.25) is 0 Å². The summed E-state index contributed by atoms with van der Waals surface area (Å²) in [5, 5.41) is 12.4. The Balaban J connectivity index is 1.30. The Labute approximate surface area is 168 Å². The number of hydrogen-bond donors (Lipinski definition) is 0. The van der Waals surface area contributed by atoms with E-state index in [9.17, 15) is 9.18 Å². The molecule has 3 aromatic rings. The molecule has 29 heavy (non-hydrogen) atoms. The fraction of sp³-hybridized carbons (Fsp3) is 0.333. The van der Waals surface area contributed by atoms with Gasteiger partial charge in [-0.1, -0.05) is 48.0 Å². The van der Waals surface area contributed by atoms with Gasteiger partial charge >= 0.3 is 0 Å². The molecule has 1 fully saturated rings. The normalized spacial score (nSPS) is 14.9. The molecule has 2 heterocycles. The molecule has 7 nitrogen and oxygen atoms in total. The third kappa shape index (κ3) is 4.65. The smallest absolute Gasteiger partial charge is 0.246 e. The van der Waals surface area contributed by atoms with Crippen LogP contribution in [0.3, 0.4) is 0 Å². The van der Waals surface area contributed by atoms with Gasteiger partial charge in [-0.15, -0.1) is 10.2 Å². The molecule has 0 unspecified atom stereocenters. The van der Waals surface area contributed by atoms with Crippen molar-refractivity contribution in [2.24, 2.45) is 0 Å². The Bertz CT molecular complexity index is 979. The fourth-order valence-electron chi connectivity index (χ4n) is 3.37. The number of aryl methyl sites for hydroxylation is 1. The number of amides is 1. The summed E-state index contributed by atoms with van der Waals surface area (Å²) in [6, 6.07) is 14.7. The number of piperazine rings is 1. The molecule has 0 bridgehead atoms. The number of hydrogen-bond acceptors (Lipinski definition) is 5. The summed E-state index contributed by atoms with van der Waals surface area (Å²) in [5.41, 5.74) is 2.71. The molecule has 4 rings (SSSR count). The van der Waals surface area contributed by atoms with Gasteiger partial charge in [0.1, 0.15) is 12.4 Å². The van der Waals surface area contributed by atoms with Crippen LogP contribution in [0.5, 0.6) is 0 Å². The summed E-state index contributed by atoms with van der Waals surface area (Å²) in [4.78, 5) is 17.9. The molecular formula is C21H23FN6O. The molecule has 1 aromatic heterocycles. The van der Waals surface area contributed by atoms with E-state index in [1.807, 2.05) is 37.3 Å². The standard InChI is InChI=1S/C21H23FN6O/c1-16-6-8-17(9-7-16)21-23-25-28(24-21)15-20(29)27-12-10-26(11-13-27)14-18-4-2-3-5-19(18)22/h2-9H,10-15H2,1H3. The first kappa shape index (κ1) is 19.2. The number of carbonyl (C=O) groups is 1. The van der Waals surface area contributed by atoms with Gasteiger partial charge in [-0.3, -0.25) is 9.69 Å². The molecule has 1 saturated heterocycles. The lowest BCUT2D eigenvalue weighted by atomic mass is 10.1. The second-order valence-corrected chi connectivity index (χ2v) is 7.26. The van der Waals surface area contributed by atoms with Crippen molar-refractivity contribution in [1.29, 1.82) is 0 Å². The van der Waals surface area contributed by atoms with E-state index < -0.39 is 0 Å². The number of aromatic nitrogens is 4. The van der Waals surface area contributed by atoms with Gasteiger partial charge in [-0.05, 0) is 18.2 Å². The summed E-state index contributed by atoms with van der Waals surface area (Å²) < 4.78 is 13.8. The molecule has 1 amide bonds. The quantitative estimate of drug-likeness (QED) is 0.663. The summed E-state index contributed by atoms with van der Waals surface area (Å²) in [5.74, 6) is 0.281. The van der Waals surface area contributed by atoms with Crippen molar-refractivity contribution in [1.82, 2.24) is 30.0 Å². The third-order valence-corrected chi connectivity index (χ3v) is 5.12. The first-order valence-electron chi connectivity index (χ1n) is 9.67. The van der Waals surface area contributed by atoms with E-state index in [2.05, 4.69) is 20.3 Å². The van der Waals surface area contributed by atoms with E-state index in [0.717, 1.165) is 11.1 Å². The first-order chi connectivity index (χ1) is 14.1. The maximum absolute atomic E-state index is 13.8. The van der Waals surface area contributed by atoms with E-state index >= 15 is 0 Å². The monoisotopic (exact) mass is 394 g/mol. The molecule has 2 aromatic carbocycles. The van der Waals surface area contributed by atoms with Crippen LogP contribution in [0, 0.1) is 12.7 Å². The van der Waals surface area contributed by atoms with E-state index in [0.29, 0.717) is 44.1 Å². The van der Waals surface area contributed by atoms with Crippen LogP contribution in [-0.2, 0) is 17.9 Å². The van der Waals surface area contributed by atoms with Crippen molar-refractivity contribution in [3.63, 3.8) is 0 Å². The Morgan fingerprint density at radius 2 is 1.76 bits per heavy atom. The lowest BCUT2D eigenvalue weighted by Gasteiger charge is -2.34. The highest BCUT2D eigenvalue weighted by molar-refractivity contribution is 5.76. The van der Waals surface area contributed by atoms with Crippen LogP contribution >= 0.6 is 0 Å². The maximum Gasteiger partial charge on any atom is 0.246 e. The van der Waals surface area contributed by atoms with Gasteiger partial charge < -0.3 is 4.90 Å². The number of benzene rings is 2. The van der Waals surface area contributed by atoms with Gasteiger partial charge in [-0.25, -0.2) is 4.39 Å². The van der Waals surface area contributed by atoms with Gasteiger partial charge in [0.2, 0.25) is 11.7 Å². The second kappa shape index (κ2) is 8.48. The zero-order chi connectivity index (χ0) is 20.2. The number of rotatable bonds is 5. The molecule has 0 aliphatic carbocycles. The predicted octanol–water partition coefficient (Wildman–Crippen LogP) is 2.13. The van der Waals surface area contributed by atoms with Crippen LogP contribution in [0.1, 0.15) is 11.1 Å². The summed E-state index contributed by atoms with van der Waals surface area (Å²) in [6.45, 7) is 5.26. The molecule has 0 atom stereocenters. The van der Waals surface area contributed by atoms with Crippen molar-refractivity contribution in [2.75, 3.05) is 26.2 Å². The van der Waals surface area contributed by atoms with Crippen molar-refractivity contribution < 1.29 is 9.18 Å². The zero-order valence-electron chi connectivity index (χ0n) is 16.3. The SMILES string of the molecule is Cc1ccc(-c2nnn(CC(=O)N3CCN(Cc4ccccc4F)CC3)n2)cc1. The zero-order valence-corrected chi connectivity index (χ0v) is 16.3. The minimum absolute atomic E-state index is 0.0385. The lowest BCUT2D eigenvalue weighted by molar-refractivity contribution is -0.134. The fourth-order valence-corrected chi connectivity index (χ4v) is 3.37. The van der Waals surface area contributed by atoms with Gasteiger partial charge in [0.05, 0.1) is 0 Å². The first-order valence-corrected chi connectivity index (χ1v) is 9.67. The van der Waals surface area contributed by atoms with Crippen LogP contribution in [-0.4, -0.2) is 62.1 Å². The van der Waals surface area contributed by atoms with Crippen LogP contribution in [0.4, 0.5) is 4.39 Å². The molecule has 1 aliphatic heterocycles. The Hall–Kier alpha value is -3.13. The summed E-state index contributed by atoms with van der Waals surface area (Å²) in [7, 11) is 0. The van der Waals surface area contributed by atoms with Crippen molar-refractivity contribution in [3.8, 4) is 11.4 Å². The molecular weight excluding hydrogens is 371 g/mol. The third-order valence-electron chi connectivity index (χ3n) is 5.12. The topological polar surface area (TPSA) is 67.2 Å². The molecule has 8 heteroatoms. The molecule has 0 spiro atoms.